The Hall–Kier alpha value is -3.12. The van der Waals surface area contributed by atoms with Gasteiger partial charge in [0.2, 0.25) is 5.91 Å². The molecule has 4 rings (SSSR count). The van der Waals surface area contributed by atoms with E-state index < -0.39 is 0 Å². The average Bonchev–Trinajstić information content (AvgIpc) is 3.28. The van der Waals surface area contributed by atoms with Crippen molar-refractivity contribution in [2.75, 3.05) is 33.3 Å². The van der Waals surface area contributed by atoms with Crippen molar-refractivity contribution in [1.82, 2.24) is 14.8 Å². The summed E-state index contributed by atoms with van der Waals surface area (Å²) in [7, 11) is 1.64. The molecule has 0 unspecified atom stereocenters. The van der Waals surface area contributed by atoms with Crippen molar-refractivity contribution in [2.45, 2.75) is 19.4 Å². The highest BCUT2D eigenvalue weighted by Crippen LogP contribution is 2.24. The van der Waals surface area contributed by atoms with Crippen LogP contribution in [0.4, 0.5) is 0 Å². The van der Waals surface area contributed by atoms with Crippen LogP contribution in [0.5, 0.6) is 5.75 Å². The largest absolute Gasteiger partial charge is 0.497 e. The van der Waals surface area contributed by atoms with Crippen LogP contribution in [0.15, 0.2) is 65.2 Å². The average molecular weight is 405 g/mol. The number of aryl methyl sites for hydroxylation is 1. The van der Waals surface area contributed by atoms with E-state index in [0.717, 1.165) is 44.0 Å². The molecule has 2 heterocycles. The zero-order valence-corrected chi connectivity index (χ0v) is 17.3. The van der Waals surface area contributed by atoms with Crippen LogP contribution in [0.25, 0.3) is 11.3 Å². The molecule has 0 aliphatic carbocycles. The van der Waals surface area contributed by atoms with Crippen LogP contribution in [-0.2, 0) is 17.8 Å². The Labute approximate surface area is 177 Å². The first-order valence-electron chi connectivity index (χ1n) is 10.3. The molecule has 6 nitrogen and oxygen atoms in total. The summed E-state index contributed by atoms with van der Waals surface area (Å²) < 4.78 is 11.1. The highest BCUT2D eigenvalue weighted by Gasteiger charge is 2.21. The number of piperazine rings is 1. The Bertz CT molecular complexity index is 963. The Kier molecular flexibility index (Phi) is 6.44. The lowest BCUT2D eigenvalue weighted by atomic mass is 10.2. The van der Waals surface area contributed by atoms with Crippen LogP contribution in [0.1, 0.15) is 17.9 Å². The van der Waals surface area contributed by atoms with Gasteiger partial charge < -0.3 is 14.1 Å². The lowest BCUT2D eigenvalue weighted by molar-refractivity contribution is -0.133. The minimum absolute atomic E-state index is 0.162. The van der Waals surface area contributed by atoms with Crippen molar-refractivity contribution in [2.24, 2.45) is 0 Å². The van der Waals surface area contributed by atoms with Crippen molar-refractivity contribution in [3.63, 3.8) is 0 Å². The smallest absolute Gasteiger partial charge is 0.223 e. The van der Waals surface area contributed by atoms with Crippen molar-refractivity contribution < 1.29 is 13.9 Å². The van der Waals surface area contributed by atoms with Gasteiger partial charge in [-0.15, -0.1) is 0 Å². The van der Waals surface area contributed by atoms with Gasteiger partial charge in [0.1, 0.15) is 5.75 Å². The fourth-order valence-electron chi connectivity index (χ4n) is 3.70. The third kappa shape index (κ3) is 5.07. The Morgan fingerprint density at radius 1 is 1.07 bits per heavy atom. The molecule has 0 radical (unpaired) electrons. The summed E-state index contributed by atoms with van der Waals surface area (Å²) in [5.41, 5.74) is 2.22. The standard InChI is InChI=1S/C24H27N3O3/c1-29-21-9-5-8-20(16-21)22-17-25-23(30-22)10-11-24(28)27-14-12-26(13-15-27)18-19-6-3-2-4-7-19/h2-9,16-17H,10-15,18H2,1H3. The predicted octanol–water partition coefficient (Wildman–Crippen LogP) is 3.63. The van der Waals surface area contributed by atoms with E-state index in [2.05, 4.69) is 34.1 Å². The fraction of sp³-hybridized carbons (Fsp3) is 0.333. The van der Waals surface area contributed by atoms with Crippen LogP contribution in [0.2, 0.25) is 0 Å². The van der Waals surface area contributed by atoms with Crippen molar-refractivity contribution >= 4 is 5.91 Å². The van der Waals surface area contributed by atoms with Crippen LogP contribution >= 0.6 is 0 Å². The number of ether oxygens (including phenoxy) is 1. The van der Waals surface area contributed by atoms with Crippen LogP contribution in [-0.4, -0.2) is 54.0 Å². The maximum atomic E-state index is 12.6. The molecule has 0 N–H and O–H groups in total. The van der Waals surface area contributed by atoms with E-state index in [1.54, 1.807) is 13.3 Å². The van der Waals surface area contributed by atoms with Crippen molar-refractivity contribution in [3.05, 3.63) is 72.2 Å². The minimum atomic E-state index is 0.162. The Balaban J connectivity index is 1.25. The number of aromatic nitrogens is 1. The summed E-state index contributed by atoms with van der Waals surface area (Å²) in [6, 6.07) is 18.1. The van der Waals surface area contributed by atoms with Gasteiger partial charge in [0.05, 0.1) is 13.3 Å². The van der Waals surface area contributed by atoms with Gasteiger partial charge >= 0.3 is 0 Å². The maximum absolute atomic E-state index is 12.6. The molecule has 1 aliphatic heterocycles. The van der Waals surface area contributed by atoms with Crippen molar-refractivity contribution in [3.8, 4) is 17.1 Å². The zero-order valence-electron chi connectivity index (χ0n) is 17.3. The zero-order chi connectivity index (χ0) is 20.8. The number of oxazole rings is 1. The SMILES string of the molecule is COc1cccc(-c2cnc(CCC(=O)N3CCN(Cc4ccccc4)CC3)o2)c1. The van der Waals surface area contributed by atoms with Crippen LogP contribution in [0.3, 0.4) is 0 Å². The molecule has 2 aromatic carbocycles. The van der Waals surface area contributed by atoms with Crippen molar-refractivity contribution in [1.29, 1.82) is 0 Å². The second-order valence-electron chi connectivity index (χ2n) is 7.49. The van der Waals surface area contributed by atoms with Gasteiger partial charge in [-0.2, -0.15) is 0 Å². The van der Waals surface area contributed by atoms with E-state index in [1.165, 1.54) is 5.56 Å². The van der Waals surface area contributed by atoms with Crippen LogP contribution in [0, 0.1) is 0 Å². The summed E-state index contributed by atoms with van der Waals surface area (Å²) in [6.07, 6.45) is 2.63. The molecule has 0 atom stereocenters. The summed E-state index contributed by atoms with van der Waals surface area (Å²) in [5.74, 6) is 2.21. The monoisotopic (exact) mass is 405 g/mol. The number of methoxy groups -OCH3 is 1. The molecule has 0 saturated carbocycles. The first-order chi connectivity index (χ1) is 14.7. The predicted molar refractivity (Wildman–Crippen MR) is 115 cm³/mol. The van der Waals surface area contributed by atoms with E-state index in [0.29, 0.717) is 24.5 Å². The van der Waals surface area contributed by atoms with Gasteiger partial charge in [-0.1, -0.05) is 42.5 Å². The van der Waals surface area contributed by atoms with Gasteiger partial charge in [0.25, 0.3) is 0 Å². The third-order valence-corrected chi connectivity index (χ3v) is 5.43. The molecule has 156 valence electrons. The van der Waals surface area contributed by atoms with Gasteiger partial charge in [0, 0.05) is 51.1 Å². The first kappa shape index (κ1) is 20.2. The number of amides is 1. The number of nitrogens with zero attached hydrogens (tertiary/aromatic N) is 3. The molecule has 3 aromatic rings. The normalized spacial score (nSPS) is 14.6. The van der Waals surface area contributed by atoms with E-state index >= 15 is 0 Å². The van der Waals surface area contributed by atoms with E-state index in [9.17, 15) is 4.79 Å². The van der Waals surface area contributed by atoms with E-state index in [-0.39, 0.29) is 5.91 Å². The summed E-state index contributed by atoms with van der Waals surface area (Å²) in [5, 5.41) is 0. The molecule has 0 bridgehead atoms. The lowest BCUT2D eigenvalue weighted by Gasteiger charge is -2.34. The second kappa shape index (κ2) is 9.59. The molecule has 6 heteroatoms. The summed E-state index contributed by atoms with van der Waals surface area (Å²) in [6.45, 7) is 4.28. The van der Waals surface area contributed by atoms with E-state index in [1.807, 2.05) is 35.2 Å². The van der Waals surface area contributed by atoms with Crippen LogP contribution < -0.4 is 4.74 Å². The lowest BCUT2D eigenvalue weighted by Crippen LogP contribution is -2.48. The van der Waals surface area contributed by atoms with Gasteiger partial charge in [-0.25, -0.2) is 4.98 Å². The molecule has 1 fully saturated rings. The third-order valence-electron chi connectivity index (χ3n) is 5.43. The maximum Gasteiger partial charge on any atom is 0.223 e. The molecule has 1 aromatic heterocycles. The number of hydrogen-bond donors (Lipinski definition) is 0. The number of benzene rings is 2. The highest BCUT2D eigenvalue weighted by atomic mass is 16.5. The molecule has 1 amide bonds. The summed E-state index contributed by atoms with van der Waals surface area (Å²) in [4.78, 5) is 21.3. The Morgan fingerprint density at radius 2 is 1.87 bits per heavy atom. The number of hydrogen-bond acceptors (Lipinski definition) is 5. The topological polar surface area (TPSA) is 58.8 Å². The molecule has 1 aliphatic rings. The molecular formula is C24H27N3O3. The number of carbonyl (C=O) groups excluding carboxylic acids is 1. The number of rotatable bonds is 7. The summed E-state index contributed by atoms with van der Waals surface area (Å²) >= 11 is 0. The molecule has 1 saturated heterocycles. The minimum Gasteiger partial charge on any atom is -0.497 e. The molecule has 0 spiro atoms. The van der Waals surface area contributed by atoms with Gasteiger partial charge in [-0.3, -0.25) is 9.69 Å². The highest BCUT2D eigenvalue weighted by molar-refractivity contribution is 5.76. The first-order valence-corrected chi connectivity index (χ1v) is 10.3. The van der Waals surface area contributed by atoms with Gasteiger partial charge in [0.15, 0.2) is 11.7 Å². The second-order valence-corrected chi connectivity index (χ2v) is 7.49. The quantitative estimate of drug-likeness (QED) is 0.601. The fourth-order valence-corrected chi connectivity index (χ4v) is 3.70. The van der Waals surface area contributed by atoms with E-state index in [4.69, 9.17) is 9.15 Å². The Morgan fingerprint density at radius 3 is 2.63 bits per heavy atom. The molecule has 30 heavy (non-hydrogen) atoms. The van der Waals surface area contributed by atoms with Gasteiger partial charge in [-0.05, 0) is 17.7 Å². The number of carbonyl (C=O) groups is 1. The molecular weight excluding hydrogens is 378 g/mol.